The van der Waals surface area contributed by atoms with E-state index in [1.807, 2.05) is 36.4 Å². The minimum absolute atomic E-state index is 0.291. The third kappa shape index (κ3) is 4.82. The van der Waals surface area contributed by atoms with Crippen LogP contribution in [0.15, 0.2) is 43.0 Å². The lowest BCUT2D eigenvalue weighted by molar-refractivity contribution is -0.366. The van der Waals surface area contributed by atoms with Gasteiger partial charge in [0.25, 0.3) is 0 Å². The van der Waals surface area contributed by atoms with Gasteiger partial charge in [-0.1, -0.05) is 36.4 Å². The molecule has 28 heavy (non-hydrogen) atoms. The van der Waals surface area contributed by atoms with Crippen molar-refractivity contribution in [1.29, 1.82) is 0 Å². The summed E-state index contributed by atoms with van der Waals surface area (Å²) in [5.41, 5.74) is 0.747. The van der Waals surface area contributed by atoms with Crippen LogP contribution >= 0.6 is 28.4 Å². The third-order valence-corrected chi connectivity index (χ3v) is 5.52. The van der Waals surface area contributed by atoms with Crippen molar-refractivity contribution in [3.8, 4) is 0 Å². The molecular formula is C18H27O7P3. The standard InChI is InChI=1S/C18H27O7P3/c1-2-3-7-10-19-18(12-8-5-4-6-9-12)22-16-15(25-28)14(24-27)13(11-20-26)21-17(16)23-18/h2,4-6,8-9,13-17H,1,3,7,10-11,26-28H2/t13?,14-,15-,16+,17?,18?/m0/s1. The zero-order chi connectivity index (χ0) is 20.0. The Morgan fingerprint density at radius 1 is 1.07 bits per heavy atom. The predicted octanol–water partition coefficient (Wildman–Crippen LogP) is 3.08. The maximum absolute atomic E-state index is 6.31. The number of fused-ring (bicyclic) bond motifs is 1. The van der Waals surface area contributed by atoms with E-state index in [0.717, 1.165) is 18.4 Å². The number of rotatable bonds is 10. The van der Waals surface area contributed by atoms with Crippen LogP contribution in [-0.4, -0.2) is 43.9 Å². The normalized spacial score (nSPS) is 34.9. The van der Waals surface area contributed by atoms with Crippen LogP contribution in [0.5, 0.6) is 0 Å². The van der Waals surface area contributed by atoms with Gasteiger partial charge < -0.3 is 27.8 Å². The van der Waals surface area contributed by atoms with E-state index in [-0.39, 0.29) is 0 Å². The lowest BCUT2D eigenvalue weighted by atomic mass is 9.99. The molecule has 1 aromatic carbocycles. The van der Waals surface area contributed by atoms with Crippen LogP contribution in [0.3, 0.4) is 0 Å². The monoisotopic (exact) mass is 448 g/mol. The summed E-state index contributed by atoms with van der Waals surface area (Å²) in [5, 5.41) is 0. The van der Waals surface area contributed by atoms with E-state index in [2.05, 4.69) is 35.0 Å². The van der Waals surface area contributed by atoms with Gasteiger partial charge in [-0.25, -0.2) is 0 Å². The van der Waals surface area contributed by atoms with Crippen molar-refractivity contribution < 1.29 is 32.5 Å². The minimum atomic E-state index is -1.39. The Balaban J connectivity index is 1.86. The zero-order valence-electron chi connectivity index (χ0n) is 15.5. The highest BCUT2D eigenvalue weighted by atomic mass is 31.0. The summed E-state index contributed by atoms with van der Waals surface area (Å²) in [6.07, 6.45) is 0.930. The number of unbranched alkanes of at least 4 members (excludes halogenated alkanes) is 1. The molecule has 0 aliphatic carbocycles. The van der Waals surface area contributed by atoms with Gasteiger partial charge in [-0.3, -0.25) is 4.74 Å². The van der Waals surface area contributed by atoms with Crippen LogP contribution in [0, 0.1) is 0 Å². The van der Waals surface area contributed by atoms with E-state index in [9.17, 15) is 0 Å². The first-order valence-corrected chi connectivity index (χ1v) is 10.4. The molecule has 0 saturated carbocycles. The van der Waals surface area contributed by atoms with Gasteiger partial charge in [-0.05, 0) is 12.8 Å². The molecule has 6 unspecified atom stereocenters. The minimum Gasteiger partial charge on any atom is -0.363 e. The smallest absolute Gasteiger partial charge is 0.314 e. The SMILES string of the molecule is C=CCCCOC1(c2ccccc2)OC2OC(COP)[C@H](OP)[C@H](OP)[C@H]2O1. The molecule has 9 atom stereocenters. The summed E-state index contributed by atoms with van der Waals surface area (Å²) in [5.74, 6) is -1.39. The van der Waals surface area contributed by atoms with Crippen LogP contribution in [0.4, 0.5) is 0 Å². The Morgan fingerprint density at radius 2 is 1.82 bits per heavy atom. The first-order valence-electron chi connectivity index (χ1n) is 9.03. The summed E-state index contributed by atoms with van der Waals surface area (Å²) in [7, 11) is 6.74. The molecule has 2 saturated heterocycles. The molecule has 3 rings (SSSR count). The molecule has 2 fully saturated rings. The van der Waals surface area contributed by atoms with Gasteiger partial charge in [-0.15, -0.1) is 6.58 Å². The van der Waals surface area contributed by atoms with Crippen LogP contribution in [0.25, 0.3) is 0 Å². The van der Waals surface area contributed by atoms with Gasteiger partial charge in [0.1, 0.15) is 24.4 Å². The van der Waals surface area contributed by atoms with E-state index in [0.29, 0.717) is 13.2 Å². The fourth-order valence-electron chi connectivity index (χ4n) is 3.37. The van der Waals surface area contributed by atoms with Crippen molar-refractivity contribution in [3.05, 3.63) is 48.6 Å². The molecule has 0 aromatic heterocycles. The molecule has 1 aromatic rings. The Hall–Kier alpha value is -0.0300. The average Bonchev–Trinajstić information content (AvgIpc) is 3.10. The fourth-order valence-corrected chi connectivity index (χ4v) is 4.20. The van der Waals surface area contributed by atoms with Crippen LogP contribution in [0.1, 0.15) is 18.4 Å². The fraction of sp³-hybridized carbons (Fsp3) is 0.556. The maximum atomic E-state index is 6.31. The number of hydrogen-bond acceptors (Lipinski definition) is 7. The Bertz CT molecular complexity index is 622. The second kappa shape index (κ2) is 10.8. The molecule has 2 heterocycles. The predicted molar refractivity (Wildman–Crippen MR) is 113 cm³/mol. The Kier molecular flexibility index (Phi) is 8.77. The number of ether oxygens (including phenoxy) is 4. The van der Waals surface area contributed by atoms with Crippen LogP contribution in [-0.2, 0) is 38.5 Å². The van der Waals surface area contributed by atoms with Gasteiger partial charge >= 0.3 is 5.97 Å². The molecule has 0 bridgehead atoms. The average molecular weight is 448 g/mol. The highest BCUT2D eigenvalue weighted by Gasteiger charge is 2.59. The van der Waals surface area contributed by atoms with Crippen molar-refractivity contribution in [2.75, 3.05) is 13.2 Å². The Morgan fingerprint density at radius 3 is 2.46 bits per heavy atom. The number of hydrogen-bond donors (Lipinski definition) is 0. The van der Waals surface area contributed by atoms with Gasteiger partial charge in [0.05, 0.1) is 13.2 Å². The molecule has 0 amide bonds. The van der Waals surface area contributed by atoms with Gasteiger partial charge in [0, 0.05) is 34.0 Å². The second-order valence-electron chi connectivity index (χ2n) is 6.48. The highest BCUT2D eigenvalue weighted by Crippen LogP contribution is 2.45. The molecule has 2 aliphatic heterocycles. The first-order chi connectivity index (χ1) is 13.7. The molecule has 0 spiro atoms. The molecule has 156 valence electrons. The van der Waals surface area contributed by atoms with Gasteiger partial charge in [0.2, 0.25) is 0 Å². The maximum Gasteiger partial charge on any atom is 0.314 e. The van der Waals surface area contributed by atoms with Crippen molar-refractivity contribution in [1.82, 2.24) is 0 Å². The van der Waals surface area contributed by atoms with E-state index >= 15 is 0 Å². The quantitative estimate of drug-likeness (QED) is 0.310. The summed E-state index contributed by atoms with van der Waals surface area (Å²) < 4.78 is 41.1. The van der Waals surface area contributed by atoms with Crippen molar-refractivity contribution >= 4 is 28.4 Å². The van der Waals surface area contributed by atoms with E-state index in [4.69, 9.17) is 32.5 Å². The summed E-state index contributed by atoms with van der Waals surface area (Å²) in [4.78, 5) is 0. The van der Waals surface area contributed by atoms with E-state index < -0.39 is 36.7 Å². The largest absolute Gasteiger partial charge is 0.363 e. The van der Waals surface area contributed by atoms with Crippen molar-refractivity contribution in [2.45, 2.75) is 49.5 Å². The number of allylic oxidation sites excluding steroid dienone is 1. The lowest BCUT2D eigenvalue weighted by Crippen LogP contribution is -2.57. The molecule has 7 nitrogen and oxygen atoms in total. The zero-order valence-corrected chi connectivity index (χ0v) is 18.9. The van der Waals surface area contributed by atoms with Crippen molar-refractivity contribution in [3.63, 3.8) is 0 Å². The number of benzene rings is 1. The lowest BCUT2D eigenvalue weighted by Gasteiger charge is -2.40. The third-order valence-electron chi connectivity index (χ3n) is 4.70. The van der Waals surface area contributed by atoms with Gasteiger partial charge in [0.15, 0.2) is 6.29 Å². The molecular weight excluding hydrogens is 421 g/mol. The van der Waals surface area contributed by atoms with Crippen LogP contribution < -0.4 is 0 Å². The molecule has 10 heteroatoms. The topological polar surface area (TPSA) is 64.6 Å². The van der Waals surface area contributed by atoms with E-state index in [1.165, 1.54) is 0 Å². The summed E-state index contributed by atoms with van der Waals surface area (Å²) in [6.45, 7) is 4.47. The first kappa shape index (κ1) is 22.7. The molecule has 2 aliphatic rings. The second-order valence-corrected chi connectivity index (χ2v) is 7.36. The Labute approximate surface area is 172 Å². The highest BCUT2D eigenvalue weighted by molar-refractivity contribution is 7.10. The van der Waals surface area contributed by atoms with E-state index in [1.54, 1.807) is 0 Å². The van der Waals surface area contributed by atoms with Crippen molar-refractivity contribution in [2.24, 2.45) is 0 Å². The molecule has 0 radical (unpaired) electrons. The van der Waals surface area contributed by atoms with Gasteiger partial charge in [-0.2, -0.15) is 0 Å². The van der Waals surface area contributed by atoms with Crippen LogP contribution in [0.2, 0.25) is 0 Å². The summed E-state index contributed by atoms with van der Waals surface area (Å²) in [6, 6.07) is 9.53. The molecule has 0 N–H and O–H groups in total. The summed E-state index contributed by atoms with van der Waals surface area (Å²) >= 11 is 0.